The molecule has 0 saturated heterocycles. The first-order valence-electron chi connectivity index (χ1n) is 6.45. The SMILES string of the molecule is CCCc1ccc(C(=O)C(=O)c2ccccc2)cc1. The zero-order chi connectivity index (χ0) is 13.7. The van der Waals surface area contributed by atoms with E-state index in [9.17, 15) is 9.59 Å². The average Bonchev–Trinajstić information content (AvgIpc) is 2.48. The zero-order valence-corrected chi connectivity index (χ0v) is 10.9. The lowest BCUT2D eigenvalue weighted by molar-refractivity contribution is 0.0817. The summed E-state index contributed by atoms with van der Waals surface area (Å²) in [6.07, 6.45) is 2.05. The second-order valence-electron chi connectivity index (χ2n) is 4.47. The van der Waals surface area contributed by atoms with Crippen LogP contribution < -0.4 is 0 Å². The van der Waals surface area contributed by atoms with Crippen LogP contribution in [0.25, 0.3) is 0 Å². The van der Waals surface area contributed by atoms with Gasteiger partial charge in [-0.25, -0.2) is 0 Å². The molecule has 96 valence electrons. The lowest BCUT2D eigenvalue weighted by atomic mass is 10.00. The minimum Gasteiger partial charge on any atom is -0.285 e. The molecule has 0 aliphatic carbocycles. The quantitative estimate of drug-likeness (QED) is 0.600. The molecule has 19 heavy (non-hydrogen) atoms. The fourth-order valence-electron chi connectivity index (χ4n) is 1.96. The standard InChI is InChI=1S/C17H16O2/c1-2-6-13-9-11-15(12-10-13)17(19)16(18)14-7-4-3-5-8-14/h3-5,7-12H,2,6H2,1H3. The highest BCUT2D eigenvalue weighted by Gasteiger charge is 2.17. The Morgan fingerprint density at radius 2 is 1.32 bits per heavy atom. The van der Waals surface area contributed by atoms with Gasteiger partial charge in [-0.15, -0.1) is 0 Å². The molecule has 0 bridgehead atoms. The van der Waals surface area contributed by atoms with E-state index in [4.69, 9.17) is 0 Å². The minimum absolute atomic E-state index is 0.435. The Morgan fingerprint density at radius 1 is 0.789 bits per heavy atom. The van der Waals surface area contributed by atoms with Crippen LogP contribution in [0.3, 0.4) is 0 Å². The van der Waals surface area contributed by atoms with Crippen molar-refractivity contribution in [1.29, 1.82) is 0 Å². The lowest BCUT2D eigenvalue weighted by Crippen LogP contribution is -2.14. The first kappa shape index (κ1) is 13.2. The second kappa shape index (κ2) is 6.10. The second-order valence-corrected chi connectivity index (χ2v) is 4.47. The fourth-order valence-corrected chi connectivity index (χ4v) is 1.96. The predicted octanol–water partition coefficient (Wildman–Crippen LogP) is 3.70. The number of Topliss-reactive ketones (excluding diaryl/α,β-unsaturated/α-hetero) is 2. The van der Waals surface area contributed by atoms with Gasteiger partial charge in [-0.1, -0.05) is 67.9 Å². The monoisotopic (exact) mass is 252 g/mol. The van der Waals surface area contributed by atoms with E-state index in [2.05, 4.69) is 6.92 Å². The lowest BCUT2D eigenvalue weighted by Gasteiger charge is -2.02. The van der Waals surface area contributed by atoms with E-state index in [1.54, 1.807) is 36.4 Å². The Balaban J connectivity index is 2.18. The minimum atomic E-state index is -0.455. The first-order chi connectivity index (χ1) is 9.22. The Labute approximate surface area is 113 Å². The number of carbonyl (C=O) groups is 2. The zero-order valence-electron chi connectivity index (χ0n) is 10.9. The van der Waals surface area contributed by atoms with Crippen LogP contribution in [0.15, 0.2) is 54.6 Å². The van der Waals surface area contributed by atoms with E-state index < -0.39 is 11.6 Å². The molecule has 0 amide bonds. The summed E-state index contributed by atoms with van der Waals surface area (Å²) in [5, 5.41) is 0. The summed E-state index contributed by atoms with van der Waals surface area (Å²) in [6.45, 7) is 2.11. The van der Waals surface area contributed by atoms with Crippen molar-refractivity contribution < 1.29 is 9.59 Å². The van der Waals surface area contributed by atoms with E-state index in [1.165, 1.54) is 5.56 Å². The topological polar surface area (TPSA) is 34.1 Å². The van der Waals surface area contributed by atoms with Crippen LogP contribution in [-0.2, 0) is 6.42 Å². The van der Waals surface area contributed by atoms with Gasteiger partial charge in [-0.3, -0.25) is 9.59 Å². The van der Waals surface area contributed by atoms with Crippen LogP contribution in [-0.4, -0.2) is 11.6 Å². The molecule has 0 fully saturated rings. The molecule has 2 rings (SSSR count). The van der Waals surface area contributed by atoms with Crippen LogP contribution in [0, 0.1) is 0 Å². The van der Waals surface area contributed by atoms with E-state index >= 15 is 0 Å². The molecule has 2 aromatic carbocycles. The maximum absolute atomic E-state index is 12.1. The average molecular weight is 252 g/mol. The highest BCUT2D eigenvalue weighted by atomic mass is 16.2. The maximum atomic E-state index is 12.1. The number of ketones is 2. The van der Waals surface area contributed by atoms with Crippen LogP contribution in [0.2, 0.25) is 0 Å². The number of aryl methyl sites for hydroxylation is 1. The maximum Gasteiger partial charge on any atom is 0.233 e. The van der Waals surface area contributed by atoms with Crippen LogP contribution in [0.4, 0.5) is 0 Å². The van der Waals surface area contributed by atoms with Gasteiger partial charge in [0.1, 0.15) is 0 Å². The number of rotatable bonds is 5. The summed E-state index contributed by atoms with van der Waals surface area (Å²) in [4.78, 5) is 24.1. The molecule has 0 radical (unpaired) electrons. The molecule has 0 unspecified atom stereocenters. The van der Waals surface area contributed by atoms with Crippen molar-refractivity contribution in [2.75, 3.05) is 0 Å². The van der Waals surface area contributed by atoms with Gasteiger partial charge in [-0.05, 0) is 12.0 Å². The third-order valence-corrected chi connectivity index (χ3v) is 3.00. The third kappa shape index (κ3) is 3.16. The number of carbonyl (C=O) groups excluding carboxylic acids is 2. The summed E-state index contributed by atoms with van der Waals surface area (Å²) in [6, 6.07) is 15.9. The molecule has 0 aliphatic heterocycles. The third-order valence-electron chi connectivity index (χ3n) is 3.00. The van der Waals surface area contributed by atoms with Crippen molar-refractivity contribution in [3.05, 3.63) is 71.3 Å². The molecule has 0 saturated carbocycles. The van der Waals surface area contributed by atoms with Gasteiger partial charge in [0.25, 0.3) is 0 Å². The molecule has 2 nitrogen and oxygen atoms in total. The molecule has 0 heterocycles. The van der Waals surface area contributed by atoms with E-state index in [0.717, 1.165) is 12.8 Å². The normalized spacial score (nSPS) is 10.2. The molecule has 0 spiro atoms. The Bertz CT molecular complexity index is 568. The van der Waals surface area contributed by atoms with Gasteiger partial charge in [0, 0.05) is 11.1 Å². The molecule has 2 heteroatoms. The molecule has 0 N–H and O–H groups in total. The molecule has 0 aliphatic rings. The summed E-state index contributed by atoms with van der Waals surface area (Å²) in [5.74, 6) is -0.905. The summed E-state index contributed by atoms with van der Waals surface area (Å²) in [7, 11) is 0. The highest BCUT2D eigenvalue weighted by molar-refractivity contribution is 6.49. The summed E-state index contributed by atoms with van der Waals surface area (Å²) >= 11 is 0. The number of hydrogen-bond acceptors (Lipinski definition) is 2. The van der Waals surface area contributed by atoms with Crippen molar-refractivity contribution in [3.63, 3.8) is 0 Å². The van der Waals surface area contributed by atoms with E-state index in [1.807, 2.05) is 18.2 Å². The summed E-state index contributed by atoms with van der Waals surface area (Å²) in [5.41, 5.74) is 2.07. The van der Waals surface area contributed by atoms with Crippen molar-refractivity contribution >= 4 is 11.6 Å². The molecule has 0 aromatic heterocycles. The smallest absolute Gasteiger partial charge is 0.233 e. The number of benzene rings is 2. The van der Waals surface area contributed by atoms with Crippen molar-refractivity contribution in [2.45, 2.75) is 19.8 Å². The number of hydrogen-bond donors (Lipinski definition) is 0. The Hall–Kier alpha value is -2.22. The molecule has 2 aromatic rings. The van der Waals surface area contributed by atoms with E-state index in [-0.39, 0.29) is 0 Å². The van der Waals surface area contributed by atoms with Gasteiger partial charge in [0.2, 0.25) is 11.6 Å². The molecular formula is C17H16O2. The van der Waals surface area contributed by atoms with Crippen molar-refractivity contribution in [3.8, 4) is 0 Å². The van der Waals surface area contributed by atoms with Crippen molar-refractivity contribution in [1.82, 2.24) is 0 Å². The first-order valence-corrected chi connectivity index (χ1v) is 6.45. The Kier molecular flexibility index (Phi) is 4.24. The highest BCUT2D eigenvalue weighted by Crippen LogP contribution is 2.10. The van der Waals surface area contributed by atoms with Crippen molar-refractivity contribution in [2.24, 2.45) is 0 Å². The van der Waals surface area contributed by atoms with E-state index in [0.29, 0.717) is 11.1 Å². The van der Waals surface area contributed by atoms with Gasteiger partial charge in [0.15, 0.2) is 0 Å². The van der Waals surface area contributed by atoms with Crippen LogP contribution in [0.5, 0.6) is 0 Å². The van der Waals surface area contributed by atoms with Gasteiger partial charge in [0.05, 0.1) is 0 Å². The summed E-state index contributed by atoms with van der Waals surface area (Å²) < 4.78 is 0. The van der Waals surface area contributed by atoms with Crippen LogP contribution >= 0.6 is 0 Å². The molecular weight excluding hydrogens is 236 g/mol. The van der Waals surface area contributed by atoms with Crippen LogP contribution in [0.1, 0.15) is 39.6 Å². The Morgan fingerprint density at radius 3 is 1.84 bits per heavy atom. The van der Waals surface area contributed by atoms with Gasteiger partial charge >= 0.3 is 0 Å². The van der Waals surface area contributed by atoms with Gasteiger partial charge < -0.3 is 0 Å². The predicted molar refractivity (Wildman–Crippen MR) is 75.5 cm³/mol. The van der Waals surface area contributed by atoms with Gasteiger partial charge in [-0.2, -0.15) is 0 Å². The fraction of sp³-hybridized carbons (Fsp3) is 0.176. The molecule has 0 atom stereocenters. The largest absolute Gasteiger partial charge is 0.285 e.